The average Bonchev–Trinajstić information content (AvgIpc) is 2.83. The Hall–Kier alpha value is -0.950. The summed E-state index contributed by atoms with van der Waals surface area (Å²) in [5.74, 6) is 4.39. The molecule has 0 unspecified atom stereocenters. The molecular weight excluding hydrogens is 172 g/mol. The number of hydrogen-bond acceptors (Lipinski definition) is 4. The van der Waals surface area contributed by atoms with E-state index in [2.05, 4.69) is 16.1 Å². The minimum Gasteiger partial charge on any atom is -0.416 e. The Morgan fingerprint density at radius 2 is 2.42 bits per heavy atom. The van der Waals surface area contributed by atoms with E-state index in [-0.39, 0.29) is 0 Å². The zero-order valence-corrected chi connectivity index (χ0v) is 7.30. The van der Waals surface area contributed by atoms with Crippen molar-refractivity contribution >= 4 is 11.8 Å². The van der Waals surface area contributed by atoms with E-state index >= 15 is 0 Å². The molecule has 0 spiro atoms. The van der Waals surface area contributed by atoms with Gasteiger partial charge in [-0.15, -0.1) is 16.6 Å². The maximum atomic E-state index is 5.35. The molecule has 3 nitrogen and oxygen atoms in total. The van der Waals surface area contributed by atoms with Crippen molar-refractivity contribution in [1.29, 1.82) is 0 Å². The molecule has 1 heterocycles. The van der Waals surface area contributed by atoms with Crippen LogP contribution in [-0.2, 0) is 0 Å². The first-order valence-corrected chi connectivity index (χ1v) is 4.78. The molecule has 0 saturated heterocycles. The smallest absolute Gasteiger partial charge is 0.277 e. The Balaban J connectivity index is 1.99. The van der Waals surface area contributed by atoms with Crippen molar-refractivity contribution in [2.75, 3.05) is 5.75 Å². The summed E-state index contributed by atoms with van der Waals surface area (Å²) in [5, 5.41) is 8.38. The predicted octanol–water partition coefficient (Wildman–Crippen LogP) is 1.67. The summed E-state index contributed by atoms with van der Waals surface area (Å²) in [7, 11) is 0. The fourth-order valence-corrected chi connectivity index (χ4v) is 1.33. The van der Waals surface area contributed by atoms with Gasteiger partial charge in [0.15, 0.2) is 0 Å². The molecule has 0 aliphatic heterocycles. The number of aromatic nitrogens is 2. The Kier molecular flexibility index (Phi) is 2.05. The SMILES string of the molecule is C#CCSc1nnc(C2CC2)o1. The molecule has 0 atom stereocenters. The third kappa shape index (κ3) is 1.62. The van der Waals surface area contributed by atoms with Crippen LogP contribution in [0.15, 0.2) is 9.64 Å². The molecule has 4 heteroatoms. The van der Waals surface area contributed by atoms with Crippen LogP contribution in [0.3, 0.4) is 0 Å². The van der Waals surface area contributed by atoms with E-state index in [4.69, 9.17) is 10.8 Å². The molecule has 1 aromatic heterocycles. The zero-order valence-electron chi connectivity index (χ0n) is 6.49. The number of nitrogens with zero attached hydrogens (tertiary/aromatic N) is 2. The largest absolute Gasteiger partial charge is 0.416 e. The molecule has 1 aromatic rings. The molecule has 1 saturated carbocycles. The molecule has 1 fully saturated rings. The minimum absolute atomic E-state index is 0.526. The van der Waals surface area contributed by atoms with Crippen molar-refractivity contribution in [2.24, 2.45) is 0 Å². The van der Waals surface area contributed by atoms with E-state index < -0.39 is 0 Å². The molecule has 1 aliphatic carbocycles. The van der Waals surface area contributed by atoms with Crippen molar-refractivity contribution in [3.05, 3.63) is 5.89 Å². The molecule has 0 bridgehead atoms. The second-order valence-electron chi connectivity index (χ2n) is 2.67. The van der Waals surface area contributed by atoms with Crippen molar-refractivity contribution in [3.8, 4) is 12.3 Å². The lowest BCUT2D eigenvalue weighted by Gasteiger charge is -1.85. The number of thioether (sulfide) groups is 1. The molecule has 0 radical (unpaired) electrons. The van der Waals surface area contributed by atoms with Crippen LogP contribution in [0.25, 0.3) is 0 Å². The van der Waals surface area contributed by atoms with E-state index in [9.17, 15) is 0 Å². The summed E-state index contributed by atoms with van der Waals surface area (Å²) in [5.41, 5.74) is 0. The van der Waals surface area contributed by atoms with Crippen LogP contribution in [0.4, 0.5) is 0 Å². The Morgan fingerprint density at radius 1 is 1.58 bits per heavy atom. The van der Waals surface area contributed by atoms with E-state index in [0.717, 1.165) is 5.89 Å². The molecule has 62 valence electrons. The molecule has 0 amide bonds. The summed E-state index contributed by atoms with van der Waals surface area (Å²) < 4.78 is 5.35. The highest BCUT2D eigenvalue weighted by Crippen LogP contribution is 2.39. The normalized spacial score (nSPS) is 15.9. The first kappa shape index (κ1) is 7.69. The van der Waals surface area contributed by atoms with Gasteiger partial charge in [-0.25, -0.2) is 0 Å². The maximum Gasteiger partial charge on any atom is 0.277 e. The molecule has 12 heavy (non-hydrogen) atoms. The van der Waals surface area contributed by atoms with Crippen LogP contribution in [0.1, 0.15) is 24.7 Å². The quantitative estimate of drug-likeness (QED) is 0.524. The second kappa shape index (κ2) is 3.20. The van der Waals surface area contributed by atoms with E-state index in [1.807, 2.05) is 0 Å². The highest BCUT2D eigenvalue weighted by molar-refractivity contribution is 7.99. The zero-order chi connectivity index (χ0) is 8.39. The summed E-state index contributed by atoms with van der Waals surface area (Å²) >= 11 is 1.41. The average molecular weight is 180 g/mol. The highest BCUT2D eigenvalue weighted by Gasteiger charge is 2.29. The number of rotatable bonds is 3. The number of terminal acetylenes is 1. The van der Waals surface area contributed by atoms with E-state index in [1.54, 1.807) is 0 Å². The van der Waals surface area contributed by atoms with Gasteiger partial charge in [0.2, 0.25) is 5.89 Å². The van der Waals surface area contributed by atoms with Gasteiger partial charge in [0.25, 0.3) is 5.22 Å². The van der Waals surface area contributed by atoms with Crippen molar-refractivity contribution < 1.29 is 4.42 Å². The summed E-state index contributed by atoms with van der Waals surface area (Å²) in [4.78, 5) is 0. The number of hydrogen-bond donors (Lipinski definition) is 0. The fourth-order valence-electron chi connectivity index (χ4n) is 0.877. The first-order chi connectivity index (χ1) is 5.90. The molecule has 0 N–H and O–H groups in total. The van der Waals surface area contributed by atoms with Crippen molar-refractivity contribution in [3.63, 3.8) is 0 Å². The van der Waals surface area contributed by atoms with Crippen LogP contribution >= 0.6 is 11.8 Å². The van der Waals surface area contributed by atoms with Gasteiger partial charge in [-0.2, -0.15) is 0 Å². The third-order valence-electron chi connectivity index (χ3n) is 1.63. The molecular formula is C8H8N2OS. The topological polar surface area (TPSA) is 38.9 Å². The van der Waals surface area contributed by atoms with Gasteiger partial charge in [-0.1, -0.05) is 17.7 Å². The van der Waals surface area contributed by atoms with Gasteiger partial charge in [-0.3, -0.25) is 0 Å². The van der Waals surface area contributed by atoms with E-state index in [1.165, 1.54) is 24.6 Å². The highest BCUT2D eigenvalue weighted by atomic mass is 32.2. The van der Waals surface area contributed by atoms with Crippen molar-refractivity contribution in [1.82, 2.24) is 10.2 Å². The monoisotopic (exact) mass is 180 g/mol. The first-order valence-electron chi connectivity index (χ1n) is 3.80. The van der Waals surface area contributed by atoms with Gasteiger partial charge in [-0.05, 0) is 12.8 Å². The summed E-state index contributed by atoms with van der Waals surface area (Å²) in [6, 6.07) is 0. The minimum atomic E-state index is 0.526. The van der Waals surface area contributed by atoms with Crippen LogP contribution in [0.2, 0.25) is 0 Å². The Bertz CT molecular complexity index is 311. The summed E-state index contributed by atoms with van der Waals surface area (Å²) in [6.45, 7) is 0. The lowest BCUT2D eigenvalue weighted by Crippen LogP contribution is -1.76. The maximum absolute atomic E-state index is 5.35. The van der Waals surface area contributed by atoms with Crippen LogP contribution in [0, 0.1) is 12.3 Å². The lowest BCUT2D eigenvalue weighted by atomic mass is 10.4. The van der Waals surface area contributed by atoms with Crippen LogP contribution in [-0.4, -0.2) is 16.0 Å². The van der Waals surface area contributed by atoms with Gasteiger partial charge < -0.3 is 4.42 Å². The van der Waals surface area contributed by atoms with Gasteiger partial charge >= 0.3 is 0 Å². The molecule has 0 aromatic carbocycles. The fraction of sp³-hybridized carbons (Fsp3) is 0.500. The Morgan fingerprint density at radius 3 is 3.08 bits per heavy atom. The predicted molar refractivity (Wildman–Crippen MR) is 45.8 cm³/mol. The molecule has 1 aliphatic rings. The molecule has 2 rings (SSSR count). The third-order valence-corrected chi connectivity index (χ3v) is 2.35. The van der Waals surface area contributed by atoms with E-state index in [0.29, 0.717) is 16.9 Å². The summed E-state index contributed by atoms with van der Waals surface area (Å²) in [6.07, 6.45) is 7.46. The van der Waals surface area contributed by atoms with Gasteiger partial charge in [0, 0.05) is 5.92 Å². The standard InChI is InChI=1S/C8H8N2OS/c1-2-5-12-8-10-9-7(11-8)6-3-4-6/h1,6H,3-5H2. The van der Waals surface area contributed by atoms with Gasteiger partial charge in [0.05, 0.1) is 5.75 Å². The second-order valence-corrected chi connectivity index (χ2v) is 3.60. The van der Waals surface area contributed by atoms with Crippen LogP contribution in [0.5, 0.6) is 0 Å². The lowest BCUT2D eigenvalue weighted by molar-refractivity contribution is 0.414. The van der Waals surface area contributed by atoms with Crippen molar-refractivity contribution in [2.45, 2.75) is 24.0 Å². The Labute approximate surface area is 74.9 Å². The van der Waals surface area contributed by atoms with Gasteiger partial charge in [0.1, 0.15) is 0 Å². The van der Waals surface area contributed by atoms with Crippen LogP contribution < -0.4 is 0 Å².